The van der Waals surface area contributed by atoms with Crippen LogP contribution in [0.25, 0.3) is 0 Å². The first kappa shape index (κ1) is 31.3. The second kappa shape index (κ2) is 12.7. The van der Waals surface area contributed by atoms with Gasteiger partial charge in [-0.3, -0.25) is 24.8 Å². The summed E-state index contributed by atoms with van der Waals surface area (Å²) in [6, 6.07) is -4.08. The molecule has 1 aromatic carbocycles. The number of aromatic nitrogens is 3. The fraction of sp³-hybridized carbons (Fsp3) is 0.577. The van der Waals surface area contributed by atoms with E-state index in [1.807, 2.05) is 0 Å². The molecule has 0 spiro atoms. The summed E-state index contributed by atoms with van der Waals surface area (Å²) in [6.07, 6.45) is -2.76. The maximum Gasteiger partial charge on any atom is 0.455 e. The van der Waals surface area contributed by atoms with Crippen molar-refractivity contribution in [3.8, 4) is 5.75 Å². The Bertz CT molecular complexity index is 1270. The first-order valence-corrected chi connectivity index (χ1v) is 13.5. The highest BCUT2D eigenvalue weighted by atomic mass is 19.4. The molecular weight excluding hydrogens is 574 g/mol. The first-order chi connectivity index (χ1) is 19.8. The number of halogens is 6. The first-order valence-electron chi connectivity index (χ1n) is 13.5. The molecule has 0 radical (unpaired) electrons. The maximum absolute atomic E-state index is 15.0. The number of hydrogen-bond acceptors (Lipinski definition) is 7. The van der Waals surface area contributed by atoms with Crippen LogP contribution in [0.15, 0.2) is 24.5 Å². The zero-order valence-electron chi connectivity index (χ0n) is 22.4. The number of benzene rings is 1. The molecule has 2 aromatic rings. The number of aromatic amines is 1. The molecule has 230 valence electrons. The lowest BCUT2D eigenvalue weighted by Gasteiger charge is -2.33. The van der Waals surface area contributed by atoms with Gasteiger partial charge in [0.25, 0.3) is 5.91 Å². The molecule has 4 N–H and O–H groups in total. The number of nitrogens with zero attached hydrogens (tertiary/aromatic N) is 2. The van der Waals surface area contributed by atoms with Gasteiger partial charge in [0.15, 0.2) is 11.6 Å². The standard InChI is InChI=1S/C26H30F6N6O4/c1-2-17(21(39)24(41)35-14-7-8-14)37-23(40)18(11-20-33-12-34-38-20)36-22(25(28,29)26(30,31)32)13-6-9-16(27)19(10-13)42-15-4-3-5-15/h6,9-10,12,14-15,17-18,22,36H,2-5,7-8,11H2,1H3,(H,35,41)(H,37,40)(H,33,34,38)/t17-,18-,22-/m0/s1. The van der Waals surface area contributed by atoms with Crippen molar-refractivity contribution in [1.82, 2.24) is 31.1 Å². The molecule has 3 atom stereocenters. The van der Waals surface area contributed by atoms with Gasteiger partial charge in [0, 0.05) is 12.5 Å². The molecule has 42 heavy (non-hydrogen) atoms. The van der Waals surface area contributed by atoms with Gasteiger partial charge in [0.1, 0.15) is 18.2 Å². The van der Waals surface area contributed by atoms with Crippen molar-refractivity contribution in [1.29, 1.82) is 0 Å². The Morgan fingerprint density at radius 1 is 1.10 bits per heavy atom. The number of carbonyl (C=O) groups excluding carboxylic acids is 3. The number of H-pyrrole nitrogens is 1. The fourth-order valence-electron chi connectivity index (χ4n) is 4.25. The molecular formula is C26H30F6N6O4. The molecule has 1 aromatic heterocycles. The van der Waals surface area contributed by atoms with Crippen LogP contribution >= 0.6 is 0 Å². The van der Waals surface area contributed by atoms with Gasteiger partial charge < -0.3 is 15.4 Å². The minimum absolute atomic E-state index is 0.0457. The van der Waals surface area contributed by atoms with E-state index in [0.717, 1.165) is 24.9 Å². The normalized spacial score (nSPS) is 18.0. The number of carbonyl (C=O) groups is 3. The number of ketones is 1. The summed E-state index contributed by atoms with van der Waals surface area (Å²) in [5.41, 5.74) is -0.699. The molecule has 2 aliphatic carbocycles. The average Bonchev–Trinajstić information content (AvgIpc) is 3.57. The van der Waals surface area contributed by atoms with Gasteiger partial charge in [0.2, 0.25) is 11.7 Å². The van der Waals surface area contributed by atoms with Crippen LogP contribution in [0.5, 0.6) is 5.75 Å². The van der Waals surface area contributed by atoms with Crippen molar-refractivity contribution in [3.05, 3.63) is 41.7 Å². The summed E-state index contributed by atoms with van der Waals surface area (Å²) >= 11 is 0. The number of hydrogen-bond donors (Lipinski definition) is 4. The Morgan fingerprint density at radius 2 is 1.81 bits per heavy atom. The summed E-state index contributed by atoms with van der Waals surface area (Å²) < 4.78 is 91.1. The van der Waals surface area contributed by atoms with Gasteiger partial charge in [0.05, 0.1) is 18.2 Å². The van der Waals surface area contributed by atoms with Gasteiger partial charge in [-0.15, -0.1) is 0 Å². The van der Waals surface area contributed by atoms with Gasteiger partial charge in [-0.1, -0.05) is 13.0 Å². The van der Waals surface area contributed by atoms with Crippen molar-refractivity contribution >= 4 is 17.6 Å². The lowest BCUT2D eigenvalue weighted by Crippen LogP contribution is -2.57. The number of nitrogens with one attached hydrogen (secondary N) is 4. The quantitative estimate of drug-likeness (QED) is 0.192. The van der Waals surface area contributed by atoms with Crippen LogP contribution in [0, 0.1) is 5.82 Å². The molecule has 4 rings (SSSR count). The number of Topliss-reactive ketones (excluding diaryl/α,β-unsaturated/α-hetero) is 1. The van der Waals surface area contributed by atoms with Gasteiger partial charge >= 0.3 is 12.1 Å². The molecule has 2 fully saturated rings. The zero-order chi connectivity index (χ0) is 30.7. The Hall–Kier alpha value is -3.69. The smallest absolute Gasteiger partial charge is 0.455 e. The van der Waals surface area contributed by atoms with Crippen molar-refractivity contribution in [2.45, 2.75) is 94.2 Å². The molecule has 2 aliphatic rings. The number of ether oxygens (including phenoxy) is 1. The minimum Gasteiger partial charge on any atom is -0.487 e. The predicted molar refractivity (Wildman–Crippen MR) is 134 cm³/mol. The van der Waals surface area contributed by atoms with Crippen LogP contribution in [-0.2, 0) is 20.8 Å². The molecule has 1 heterocycles. The molecule has 0 unspecified atom stereocenters. The van der Waals surface area contributed by atoms with Crippen molar-refractivity contribution in [3.63, 3.8) is 0 Å². The van der Waals surface area contributed by atoms with Gasteiger partial charge in [-0.2, -0.15) is 27.1 Å². The Morgan fingerprint density at radius 3 is 2.36 bits per heavy atom. The van der Waals surface area contributed by atoms with Crippen molar-refractivity contribution in [2.75, 3.05) is 0 Å². The third-order valence-corrected chi connectivity index (χ3v) is 7.10. The van der Waals surface area contributed by atoms with Gasteiger partial charge in [-0.25, -0.2) is 9.37 Å². The molecule has 0 bridgehead atoms. The van der Waals surface area contributed by atoms with Crippen LogP contribution in [0.4, 0.5) is 26.3 Å². The fourth-order valence-corrected chi connectivity index (χ4v) is 4.25. The Kier molecular flexibility index (Phi) is 9.43. The highest BCUT2D eigenvalue weighted by Gasteiger charge is 2.63. The summed E-state index contributed by atoms with van der Waals surface area (Å²) in [5, 5.41) is 12.8. The molecule has 2 saturated carbocycles. The number of alkyl halides is 5. The third kappa shape index (κ3) is 7.38. The molecule has 0 aliphatic heterocycles. The van der Waals surface area contributed by atoms with E-state index in [1.165, 1.54) is 6.92 Å². The number of amides is 2. The lowest BCUT2D eigenvalue weighted by molar-refractivity contribution is -0.295. The minimum atomic E-state index is -6.08. The van der Waals surface area contributed by atoms with Crippen LogP contribution in [-0.4, -0.2) is 69.1 Å². The second-order valence-corrected chi connectivity index (χ2v) is 10.4. The highest BCUT2D eigenvalue weighted by Crippen LogP contribution is 2.45. The zero-order valence-corrected chi connectivity index (χ0v) is 22.4. The van der Waals surface area contributed by atoms with E-state index in [1.54, 1.807) is 0 Å². The molecule has 16 heteroatoms. The Labute approximate surface area is 236 Å². The highest BCUT2D eigenvalue weighted by molar-refractivity contribution is 6.38. The second-order valence-electron chi connectivity index (χ2n) is 10.4. The van der Waals surface area contributed by atoms with E-state index in [0.29, 0.717) is 31.7 Å². The van der Waals surface area contributed by atoms with Gasteiger partial charge in [-0.05, 0) is 56.2 Å². The molecule has 10 nitrogen and oxygen atoms in total. The van der Waals surface area contributed by atoms with E-state index in [9.17, 15) is 31.9 Å². The Balaban J connectivity index is 1.64. The van der Waals surface area contributed by atoms with Crippen LogP contribution < -0.4 is 20.7 Å². The SMILES string of the molecule is CC[C@H](NC(=O)[C@H](Cc1ncn[nH]1)N[C@@H](c1ccc(F)c(OC2CCC2)c1)C(F)(F)C(F)(F)F)C(=O)C(=O)NC1CC1. The van der Waals surface area contributed by atoms with Crippen LogP contribution in [0.1, 0.15) is 62.9 Å². The van der Waals surface area contributed by atoms with E-state index in [-0.39, 0.29) is 18.3 Å². The molecule has 2 amide bonds. The monoisotopic (exact) mass is 604 g/mol. The van der Waals surface area contributed by atoms with Crippen LogP contribution in [0.3, 0.4) is 0 Å². The third-order valence-electron chi connectivity index (χ3n) is 7.10. The van der Waals surface area contributed by atoms with E-state index in [4.69, 9.17) is 4.74 Å². The van der Waals surface area contributed by atoms with E-state index in [2.05, 4.69) is 31.1 Å². The number of rotatable bonds is 14. The lowest BCUT2D eigenvalue weighted by atomic mass is 9.95. The average molecular weight is 605 g/mol. The summed E-state index contributed by atoms with van der Waals surface area (Å²) in [4.78, 5) is 42.0. The van der Waals surface area contributed by atoms with E-state index >= 15 is 8.78 Å². The van der Waals surface area contributed by atoms with Crippen molar-refractivity contribution < 1.29 is 45.5 Å². The predicted octanol–water partition coefficient (Wildman–Crippen LogP) is 3.06. The summed E-state index contributed by atoms with van der Waals surface area (Å²) in [7, 11) is 0. The van der Waals surface area contributed by atoms with Crippen LogP contribution in [0.2, 0.25) is 0 Å². The molecule has 0 saturated heterocycles. The van der Waals surface area contributed by atoms with Crippen molar-refractivity contribution in [2.24, 2.45) is 0 Å². The maximum atomic E-state index is 15.0. The topological polar surface area (TPSA) is 138 Å². The summed E-state index contributed by atoms with van der Waals surface area (Å²) in [5.74, 6) is -10.1. The summed E-state index contributed by atoms with van der Waals surface area (Å²) in [6.45, 7) is 1.48. The largest absolute Gasteiger partial charge is 0.487 e. The van der Waals surface area contributed by atoms with E-state index < -0.39 is 77.5 Å².